The summed E-state index contributed by atoms with van der Waals surface area (Å²) in [6.45, 7) is 5.95. The zero-order chi connectivity index (χ0) is 20.3. The number of esters is 1. The second-order valence-electron chi connectivity index (χ2n) is 8.09. The summed E-state index contributed by atoms with van der Waals surface area (Å²) in [5, 5.41) is 0. The molecule has 0 spiro atoms. The number of methoxy groups -OCH3 is 1. The number of hydrogen-bond acceptors (Lipinski definition) is 4. The van der Waals surface area contributed by atoms with Crippen molar-refractivity contribution in [1.29, 1.82) is 0 Å². The summed E-state index contributed by atoms with van der Waals surface area (Å²) in [4.78, 5) is 27.3. The Kier molecular flexibility index (Phi) is 5.73. The average molecular weight is 381 g/mol. The maximum absolute atomic E-state index is 13.2. The molecule has 5 heteroatoms. The van der Waals surface area contributed by atoms with Gasteiger partial charge < -0.3 is 14.4 Å². The van der Waals surface area contributed by atoms with E-state index in [1.165, 1.54) is 0 Å². The summed E-state index contributed by atoms with van der Waals surface area (Å²) in [6, 6.07) is 15.5. The van der Waals surface area contributed by atoms with Crippen LogP contribution in [0.4, 0.5) is 5.69 Å². The highest BCUT2D eigenvalue weighted by Gasteiger charge is 2.35. The van der Waals surface area contributed by atoms with Crippen molar-refractivity contribution >= 4 is 17.6 Å². The van der Waals surface area contributed by atoms with Gasteiger partial charge in [-0.05, 0) is 56.5 Å². The molecule has 5 nitrogen and oxygen atoms in total. The minimum Gasteiger partial charge on any atom is -0.497 e. The van der Waals surface area contributed by atoms with E-state index in [0.29, 0.717) is 13.0 Å². The molecule has 0 N–H and O–H groups in total. The first kappa shape index (κ1) is 19.9. The number of carbonyl (C=O) groups excluding carboxylic acids is 2. The Bertz CT molecular complexity index is 852. The number of hydrogen-bond donors (Lipinski definition) is 0. The molecule has 1 aliphatic heterocycles. The molecule has 1 amide bonds. The predicted molar refractivity (Wildman–Crippen MR) is 108 cm³/mol. The third-order valence-corrected chi connectivity index (χ3v) is 4.70. The molecule has 0 bridgehead atoms. The van der Waals surface area contributed by atoms with E-state index in [-0.39, 0.29) is 18.3 Å². The lowest BCUT2D eigenvalue weighted by Gasteiger charge is -2.34. The van der Waals surface area contributed by atoms with E-state index < -0.39 is 11.5 Å². The van der Waals surface area contributed by atoms with Crippen LogP contribution in [0.15, 0.2) is 48.5 Å². The molecule has 0 fully saturated rings. The fourth-order valence-corrected chi connectivity index (χ4v) is 3.46. The first-order chi connectivity index (χ1) is 13.3. The van der Waals surface area contributed by atoms with Gasteiger partial charge in [0.1, 0.15) is 11.4 Å². The number of anilines is 1. The van der Waals surface area contributed by atoms with Gasteiger partial charge in [-0.3, -0.25) is 9.59 Å². The van der Waals surface area contributed by atoms with Gasteiger partial charge in [-0.2, -0.15) is 0 Å². The Labute approximate surface area is 166 Å². The minimum absolute atomic E-state index is 0.0413. The van der Waals surface area contributed by atoms with Crippen LogP contribution >= 0.6 is 0 Å². The first-order valence-electron chi connectivity index (χ1n) is 9.51. The summed E-state index contributed by atoms with van der Waals surface area (Å²) in [5.41, 5.74) is 2.42. The molecule has 1 unspecified atom stereocenters. The van der Waals surface area contributed by atoms with E-state index in [1.807, 2.05) is 69.3 Å². The molecule has 0 aromatic heterocycles. The van der Waals surface area contributed by atoms with Crippen molar-refractivity contribution in [3.63, 3.8) is 0 Å². The highest BCUT2D eigenvalue weighted by molar-refractivity contribution is 5.99. The molecule has 2 aromatic carbocycles. The van der Waals surface area contributed by atoms with Crippen molar-refractivity contribution < 1.29 is 19.1 Å². The van der Waals surface area contributed by atoms with Crippen LogP contribution in [-0.4, -0.2) is 24.6 Å². The van der Waals surface area contributed by atoms with Crippen LogP contribution in [0.25, 0.3) is 0 Å². The molecule has 28 heavy (non-hydrogen) atoms. The molecular weight excluding hydrogens is 354 g/mol. The number of amides is 1. The number of para-hydroxylation sites is 1. The first-order valence-corrected chi connectivity index (χ1v) is 9.51. The van der Waals surface area contributed by atoms with E-state index in [1.54, 1.807) is 12.0 Å². The zero-order valence-electron chi connectivity index (χ0n) is 16.9. The van der Waals surface area contributed by atoms with Gasteiger partial charge >= 0.3 is 5.97 Å². The van der Waals surface area contributed by atoms with Gasteiger partial charge in [0, 0.05) is 5.69 Å². The summed E-state index contributed by atoms with van der Waals surface area (Å²) in [7, 11) is 1.63. The van der Waals surface area contributed by atoms with Crippen LogP contribution < -0.4 is 9.64 Å². The van der Waals surface area contributed by atoms with Gasteiger partial charge in [0.05, 0.1) is 26.0 Å². The zero-order valence-corrected chi connectivity index (χ0v) is 16.9. The third kappa shape index (κ3) is 4.71. The molecule has 1 atom stereocenters. The number of ether oxygens (including phenoxy) is 2. The van der Waals surface area contributed by atoms with Crippen molar-refractivity contribution in [2.75, 3.05) is 12.0 Å². The molecule has 3 rings (SSSR count). The second-order valence-corrected chi connectivity index (χ2v) is 8.09. The molecule has 148 valence electrons. The van der Waals surface area contributed by atoms with E-state index in [4.69, 9.17) is 9.47 Å². The molecule has 0 saturated heterocycles. The Hall–Kier alpha value is -2.82. The predicted octanol–water partition coefficient (Wildman–Crippen LogP) is 4.13. The van der Waals surface area contributed by atoms with Crippen LogP contribution in [0.3, 0.4) is 0 Å². The van der Waals surface area contributed by atoms with Crippen molar-refractivity contribution in [1.82, 2.24) is 0 Å². The van der Waals surface area contributed by atoms with Crippen molar-refractivity contribution in [2.24, 2.45) is 5.92 Å². The smallest absolute Gasteiger partial charge is 0.307 e. The van der Waals surface area contributed by atoms with E-state index in [2.05, 4.69) is 0 Å². The maximum atomic E-state index is 13.2. The third-order valence-electron chi connectivity index (χ3n) is 4.70. The fraction of sp³-hybridized carbons (Fsp3) is 0.391. The van der Waals surface area contributed by atoms with Crippen molar-refractivity contribution in [2.45, 2.75) is 45.8 Å². The minimum atomic E-state index is -0.560. The molecule has 2 aromatic rings. The average Bonchev–Trinajstić information content (AvgIpc) is 2.64. The largest absolute Gasteiger partial charge is 0.497 e. The number of rotatable bonds is 5. The monoisotopic (exact) mass is 381 g/mol. The molecule has 0 aliphatic carbocycles. The van der Waals surface area contributed by atoms with E-state index in [9.17, 15) is 9.59 Å². The van der Waals surface area contributed by atoms with Crippen molar-refractivity contribution in [3.8, 4) is 5.75 Å². The Morgan fingerprint density at radius 2 is 1.79 bits per heavy atom. The van der Waals surface area contributed by atoms with Crippen LogP contribution in [0.1, 0.15) is 38.3 Å². The van der Waals surface area contributed by atoms with E-state index in [0.717, 1.165) is 22.6 Å². The summed E-state index contributed by atoms with van der Waals surface area (Å²) in [5.74, 6) is -0.0186. The Balaban J connectivity index is 1.83. The van der Waals surface area contributed by atoms with Gasteiger partial charge in [0.15, 0.2) is 0 Å². The van der Waals surface area contributed by atoms with Gasteiger partial charge in [0.2, 0.25) is 5.91 Å². The maximum Gasteiger partial charge on any atom is 0.307 e. The van der Waals surface area contributed by atoms with Gasteiger partial charge in [-0.1, -0.05) is 30.3 Å². The lowest BCUT2D eigenvalue weighted by Crippen LogP contribution is -2.42. The quantitative estimate of drug-likeness (QED) is 0.731. The number of fused-ring (bicyclic) bond motifs is 1. The molecule has 1 aliphatic rings. The lowest BCUT2D eigenvalue weighted by molar-refractivity contribution is -0.157. The van der Waals surface area contributed by atoms with Gasteiger partial charge in [-0.25, -0.2) is 0 Å². The Morgan fingerprint density at radius 1 is 1.11 bits per heavy atom. The number of benzene rings is 2. The molecule has 1 heterocycles. The fourth-order valence-electron chi connectivity index (χ4n) is 3.46. The standard InChI is InChI=1S/C23H27NO4/c1-23(2,3)28-21(25)14-18-13-17-7-5-6-8-20(17)24(22(18)26)15-16-9-11-19(27-4)12-10-16/h5-12,18H,13-15H2,1-4H3. The molecule has 0 saturated carbocycles. The molecule has 0 radical (unpaired) electrons. The topological polar surface area (TPSA) is 55.8 Å². The normalized spacial score (nSPS) is 16.5. The van der Waals surface area contributed by atoms with Gasteiger partial charge in [0.25, 0.3) is 0 Å². The lowest BCUT2D eigenvalue weighted by atomic mass is 9.89. The van der Waals surface area contributed by atoms with Gasteiger partial charge in [-0.15, -0.1) is 0 Å². The summed E-state index contributed by atoms with van der Waals surface area (Å²) < 4.78 is 10.6. The highest BCUT2D eigenvalue weighted by atomic mass is 16.6. The van der Waals surface area contributed by atoms with E-state index >= 15 is 0 Å². The SMILES string of the molecule is COc1ccc(CN2C(=O)C(CC(=O)OC(C)(C)C)Cc3ccccc32)cc1. The van der Waals surface area contributed by atoms with Crippen LogP contribution in [0, 0.1) is 5.92 Å². The highest BCUT2D eigenvalue weighted by Crippen LogP contribution is 2.33. The van der Waals surface area contributed by atoms with Crippen LogP contribution in [0.2, 0.25) is 0 Å². The van der Waals surface area contributed by atoms with Crippen LogP contribution in [0.5, 0.6) is 5.75 Å². The summed E-state index contributed by atoms with van der Waals surface area (Å²) >= 11 is 0. The molecular formula is C23H27NO4. The summed E-state index contributed by atoms with van der Waals surface area (Å²) in [6.07, 6.45) is 0.636. The number of carbonyl (C=O) groups is 2. The number of nitrogens with zero attached hydrogens (tertiary/aromatic N) is 1. The second kappa shape index (κ2) is 8.05. The Morgan fingerprint density at radius 3 is 2.43 bits per heavy atom. The van der Waals surface area contributed by atoms with Crippen LogP contribution in [-0.2, 0) is 27.3 Å². The van der Waals surface area contributed by atoms with Crippen molar-refractivity contribution in [3.05, 3.63) is 59.7 Å².